The summed E-state index contributed by atoms with van der Waals surface area (Å²) < 4.78 is 41.2. The van der Waals surface area contributed by atoms with E-state index in [0.29, 0.717) is 0 Å². The molecule has 0 spiro atoms. The molecule has 7 nitrogen and oxygen atoms in total. The number of ether oxygens (including phenoxy) is 2. The van der Waals surface area contributed by atoms with Gasteiger partial charge in [0.05, 0.1) is 25.3 Å². The van der Waals surface area contributed by atoms with Crippen LogP contribution in [0.2, 0.25) is 0 Å². The van der Waals surface area contributed by atoms with Crippen molar-refractivity contribution in [3.05, 3.63) is 28.3 Å². The van der Waals surface area contributed by atoms with E-state index in [2.05, 4.69) is 9.47 Å². The first kappa shape index (κ1) is 16.1. The van der Waals surface area contributed by atoms with Crippen LogP contribution >= 0.6 is 0 Å². The van der Waals surface area contributed by atoms with Crippen LogP contribution in [0.25, 0.3) is 0 Å². The Bertz CT molecular complexity index is 633. The van der Waals surface area contributed by atoms with Gasteiger partial charge in [0.1, 0.15) is 4.90 Å². The summed E-state index contributed by atoms with van der Waals surface area (Å²) in [6.45, 7) is 2.67. The van der Waals surface area contributed by atoms with Crippen LogP contribution in [0.3, 0.4) is 0 Å². The van der Waals surface area contributed by atoms with Gasteiger partial charge in [0.2, 0.25) is 0 Å². The molecule has 0 atom stereocenters. The Morgan fingerprint density at radius 2 is 1.35 bits per heavy atom. The molecular weight excluding hydrogens is 288 g/mol. The topological polar surface area (TPSA) is 107 Å². The van der Waals surface area contributed by atoms with Crippen LogP contribution in [0, 0.1) is 13.8 Å². The highest BCUT2D eigenvalue weighted by Gasteiger charge is 2.27. The third kappa shape index (κ3) is 2.81. The second-order valence-electron chi connectivity index (χ2n) is 4.01. The highest BCUT2D eigenvalue weighted by atomic mass is 32.2. The van der Waals surface area contributed by atoms with E-state index in [1.165, 1.54) is 19.9 Å². The van der Waals surface area contributed by atoms with Crippen molar-refractivity contribution in [1.29, 1.82) is 0 Å². The molecule has 0 saturated heterocycles. The van der Waals surface area contributed by atoms with Crippen LogP contribution in [0.5, 0.6) is 0 Å². The number of rotatable bonds is 3. The lowest BCUT2D eigenvalue weighted by Crippen LogP contribution is -2.16. The van der Waals surface area contributed by atoms with Crippen LogP contribution in [0.1, 0.15) is 31.8 Å². The zero-order chi connectivity index (χ0) is 15.7. The van der Waals surface area contributed by atoms with E-state index in [0.717, 1.165) is 14.2 Å². The average Bonchev–Trinajstić information content (AvgIpc) is 2.35. The monoisotopic (exact) mass is 302 g/mol. The Morgan fingerprint density at radius 3 is 1.60 bits per heavy atom. The summed E-state index contributed by atoms with van der Waals surface area (Å²) in [5, 5.41) is 0. The minimum absolute atomic E-state index is 0.00417. The Hall–Kier alpha value is -1.93. The van der Waals surface area contributed by atoms with Gasteiger partial charge in [-0.25, -0.2) is 9.59 Å². The normalized spacial score (nSPS) is 11.1. The van der Waals surface area contributed by atoms with Gasteiger partial charge in [-0.05, 0) is 31.0 Å². The highest BCUT2D eigenvalue weighted by molar-refractivity contribution is 7.86. The van der Waals surface area contributed by atoms with Crippen molar-refractivity contribution < 1.29 is 32.0 Å². The van der Waals surface area contributed by atoms with Crippen molar-refractivity contribution in [2.75, 3.05) is 14.2 Å². The lowest BCUT2D eigenvalue weighted by atomic mass is 9.99. The van der Waals surface area contributed by atoms with E-state index < -0.39 is 27.0 Å². The van der Waals surface area contributed by atoms with Crippen molar-refractivity contribution in [3.63, 3.8) is 0 Å². The molecule has 0 bridgehead atoms. The van der Waals surface area contributed by atoms with Crippen LogP contribution in [-0.2, 0) is 19.6 Å². The number of methoxy groups -OCH3 is 2. The van der Waals surface area contributed by atoms with Crippen molar-refractivity contribution >= 4 is 22.1 Å². The smallest absolute Gasteiger partial charge is 0.338 e. The van der Waals surface area contributed by atoms with Gasteiger partial charge >= 0.3 is 11.9 Å². The van der Waals surface area contributed by atoms with Gasteiger partial charge in [0.25, 0.3) is 10.1 Å². The summed E-state index contributed by atoms with van der Waals surface area (Å²) in [5.41, 5.74) is -0.258. The van der Waals surface area contributed by atoms with Gasteiger partial charge < -0.3 is 9.47 Å². The molecule has 20 heavy (non-hydrogen) atoms. The summed E-state index contributed by atoms with van der Waals surface area (Å²) in [5.74, 6) is -1.64. The average molecular weight is 302 g/mol. The maximum absolute atomic E-state index is 11.6. The van der Waals surface area contributed by atoms with Gasteiger partial charge in [-0.15, -0.1) is 0 Å². The lowest BCUT2D eigenvalue weighted by Gasteiger charge is -2.14. The van der Waals surface area contributed by atoms with E-state index in [1.807, 2.05) is 0 Å². The molecule has 0 unspecified atom stereocenters. The van der Waals surface area contributed by atoms with Crippen LogP contribution in [0.4, 0.5) is 0 Å². The number of benzene rings is 1. The van der Waals surface area contributed by atoms with Gasteiger partial charge in [-0.3, -0.25) is 4.55 Å². The second-order valence-corrected chi connectivity index (χ2v) is 5.37. The molecule has 0 radical (unpaired) electrons. The number of carbonyl (C=O) groups is 2. The summed E-state index contributed by atoms with van der Waals surface area (Å²) >= 11 is 0. The molecule has 0 heterocycles. The summed E-state index contributed by atoms with van der Waals surface area (Å²) in [6.07, 6.45) is 0. The van der Waals surface area contributed by atoms with Crippen LogP contribution in [-0.4, -0.2) is 39.1 Å². The van der Waals surface area contributed by atoms with Gasteiger partial charge in [-0.2, -0.15) is 8.42 Å². The molecule has 0 aromatic heterocycles. The molecule has 0 aliphatic rings. The van der Waals surface area contributed by atoms with Crippen molar-refractivity contribution in [2.24, 2.45) is 0 Å². The van der Waals surface area contributed by atoms with E-state index in [1.54, 1.807) is 0 Å². The maximum Gasteiger partial charge on any atom is 0.338 e. The van der Waals surface area contributed by atoms with E-state index in [9.17, 15) is 22.6 Å². The molecule has 1 rings (SSSR count). The molecule has 0 aliphatic carbocycles. The number of hydrogen-bond donors (Lipinski definition) is 1. The zero-order valence-electron chi connectivity index (χ0n) is 11.4. The Morgan fingerprint density at radius 1 is 1.00 bits per heavy atom. The Kier molecular flexibility index (Phi) is 4.51. The molecule has 1 aromatic rings. The Balaban J connectivity index is 3.84. The predicted molar refractivity (Wildman–Crippen MR) is 68.4 cm³/mol. The molecule has 1 aromatic carbocycles. The molecule has 110 valence electrons. The standard InChI is InChI=1S/C12H14O7S/c1-6-8(11(13)18-3)5-9(12(14)19-4)7(2)10(6)20(15,16)17/h5H,1-4H3,(H,15,16,17). The van der Waals surface area contributed by atoms with Gasteiger partial charge in [0, 0.05) is 0 Å². The molecule has 0 aliphatic heterocycles. The molecular formula is C12H14O7S. The minimum Gasteiger partial charge on any atom is -0.465 e. The van der Waals surface area contributed by atoms with Crippen molar-refractivity contribution in [3.8, 4) is 0 Å². The molecule has 8 heteroatoms. The number of carbonyl (C=O) groups excluding carboxylic acids is 2. The number of hydrogen-bond acceptors (Lipinski definition) is 6. The van der Waals surface area contributed by atoms with E-state index in [-0.39, 0.29) is 22.3 Å². The summed E-state index contributed by atoms with van der Waals surface area (Å²) in [4.78, 5) is 22.8. The fourth-order valence-corrected chi connectivity index (χ4v) is 2.91. The fourth-order valence-electron chi connectivity index (χ4n) is 1.92. The first-order chi connectivity index (χ1) is 9.15. The predicted octanol–water partition coefficient (Wildman–Crippen LogP) is 1.12. The van der Waals surface area contributed by atoms with Crippen LogP contribution in [0.15, 0.2) is 11.0 Å². The fraction of sp³-hybridized carbons (Fsp3) is 0.333. The second kappa shape index (κ2) is 5.59. The largest absolute Gasteiger partial charge is 0.465 e. The number of esters is 2. The van der Waals surface area contributed by atoms with Crippen molar-refractivity contribution in [2.45, 2.75) is 18.7 Å². The quantitative estimate of drug-likeness (QED) is 0.658. The minimum atomic E-state index is -4.61. The molecule has 0 fully saturated rings. The summed E-state index contributed by atoms with van der Waals surface area (Å²) in [6, 6.07) is 1.18. The van der Waals surface area contributed by atoms with E-state index in [4.69, 9.17) is 0 Å². The van der Waals surface area contributed by atoms with Crippen molar-refractivity contribution in [1.82, 2.24) is 0 Å². The van der Waals surface area contributed by atoms with Gasteiger partial charge in [0.15, 0.2) is 0 Å². The Labute approximate surface area is 116 Å². The molecule has 0 saturated carbocycles. The lowest BCUT2D eigenvalue weighted by molar-refractivity contribution is 0.0597. The summed E-state index contributed by atoms with van der Waals surface area (Å²) in [7, 11) is -2.37. The zero-order valence-corrected chi connectivity index (χ0v) is 12.2. The maximum atomic E-state index is 11.6. The van der Waals surface area contributed by atoms with Gasteiger partial charge in [-0.1, -0.05) is 0 Å². The first-order valence-electron chi connectivity index (χ1n) is 5.43. The SMILES string of the molecule is COC(=O)c1cc(C(=O)OC)c(C)c(S(=O)(=O)O)c1C. The van der Waals surface area contributed by atoms with E-state index >= 15 is 0 Å². The third-order valence-electron chi connectivity index (χ3n) is 2.85. The molecule has 0 amide bonds. The first-order valence-corrected chi connectivity index (χ1v) is 6.87. The van der Waals surface area contributed by atoms with Crippen LogP contribution < -0.4 is 0 Å². The highest BCUT2D eigenvalue weighted by Crippen LogP contribution is 2.27. The third-order valence-corrected chi connectivity index (χ3v) is 3.97. The molecule has 1 N–H and O–H groups in total.